The summed E-state index contributed by atoms with van der Waals surface area (Å²) in [6, 6.07) is 3.69. The van der Waals surface area contributed by atoms with Crippen molar-refractivity contribution < 1.29 is 9.59 Å². The minimum Gasteiger partial charge on any atom is -0.335 e. The van der Waals surface area contributed by atoms with E-state index < -0.39 is 0 Å². The average Bonchev–Trinajstić information content (AvgIpc) is 3.31. The number of hydrogen-bond donors (Lipinski definition) is 1. The number of rotatable bonds is 2. The number of carbonyl (C=O) groups excluding carboxylic acids is 2. The maximum absolute atomic E-state index is 12.8. The van der Waals surface area contributed by atoms with Crippen LogP contribution >= 0.6 is 11.3 Å². The number of hydrogen-bond acceptors (Lipinski definition) is 4. The molecule has 1 N–H and O–H groups in total. The van der Waals surface area contributed by atoms with Gasteiger partial charge in [-0.1, -0.05) is 0 Å². The molecule has 0 aromatic carbocycles. The fraction of sp³-hybridized carbons (Fsp3) is 0.471. The highest BCUT2D eigenvalue weighted by Crippen LogP contribution is 2.21. The van der Waals surface area contributed by atoms with Crippen LogP contribution in [0.3, 0.4) is 0 Å². The highest BCUT2D eigenvalue weighted by molar-refractivity contribution is 7.14. The molecule has 2 aromatic heterocycles. The van der Waals surface area contributed by atoms with Gasteiger partial charge in [-0.2, -0.15) is 5.10 Å². The largest absolute Gasteiger partial charge is 0.335 e. The summed E-state index contributed by atoms with van der Waals surface area (Å²) in [7, 11) is 0. The highest BCUT2D eigenvalue weighted by Gasteiger charge is 2.28. The van der Waals surface area contributed by atoms with E-state index in [2.05, 4.69) is 10.4 Å². The third kappa shape index (κ3) is 3.26. The molecule has 132 valence electrons. The minimum absolute atomic E-state index is 0.0430. The van der Waals surface area contributed by atoms with Crippen LogP contribution in [0.25, 0.3) is 0 Å². The van der Waals surface area contributed by atoms with Crippen molar-refractivity contribution in [2.24, 2.45) is 0 Å². The van der Waals surface area contributed by atoms with Gasteiger partial charge in [0, 0.05) is 32.7 Å². The average molecular weight is 359 g/mol. The summed E-state index contributed by atoms with van der Waals surface area (Å²) in [5.74, 6) is 0.0430. The molecule has 0 unspecified atom stereocenters. The van der Waals surface area contributed by atoms with Gasteiger partial charge in [0.2, 0.25) is 0 Å². The smallest absolute Gasteiger partial charge is 0.322 e. The van der Waals surface area contributed by atoms with E-state index in [0.29, 0.717) is 26.2 Å². The Kier molecular flexibility index (Phi) is 4.44. The van der Waals surface area contributed by atoms with Crippen molar-refractivity contribution in [1.29, 1.82) is 0 Å². The number of carbonyl (C=O) groups is 2. The maximum atomic E-state index is 12.8. The molecule has 1 saturated heterocycles. The molecule has 2 aliphatic rings. The molecule has 7 nitrogen and oxygen atoms in total. The summed E-state index contributed by atoms with van der Waals surface area (Å²) in [5, 5.41) is 10.0. The zero-order valence-electron chi connectivity index (χ0n) is 14.0. The zero-order valence-corrected chi connectivity index (χ0v) is 14.8. The first-order valence-corrected chi connectivity index (χ1v) is 9.54. The quantitative estimate of drug-likeness (QED) is 0.894. The first kappa shape index (κ1) is 16.1. The molecule has 8 heteroatoms. The third-order valence-corrected chi connectivity index (χ3v) is 5.60. The molecule has 1 fully saturated rings. The van der Waals surface area contributed by atoms with Crippen LogP contribution < -0.4 is 5.32 Å². The number of aromatic nitrogens is 2. The number of piperazine rings is 1. The lowest BCUT2D eigenvalue weighted by atomic mass is 10.1. The van der Waals surface area contributed by atoms with Crippen LogP contribution in [0.15, 0.2) is 23.7 Å². The lowest BCUT2D eigenvalue weighted by Crippen LogP contribution is -2.51. The molecule has 2 aliphatic heterocycles. The van der Waals surface area contributed by atoms with Gasteiger partial charge in [-0.25, -0.2) is 4.79 Å². The summed E-state index contributed by atoms with van der Waals surface area (Å²) in [4.78, 5) is 28.7. The molecule has 0 radical (unpaired) electrons. The van der Waals surface area contributed by atoms with Gasteiger partial charge in [-0.05, 0) is 36.8 Å². The SMILES string of the molecule is O=C(Nc1cccs1)N1CCN(C(=O)c2cnn3c2CCCC3)CC1. The van der Waals surface area contributed by atoms with Crippen molar-refractivity contribution in [3.63, 3.8) is 0 Å². The Morgan fingerprint density at radius 2 is 1.88 bits per heavy atom. The highest BCUT2D eigenvalue weighted by atomic mass is 32.1. The summed E-state index contributed by atoms with van der Waals surface area (Å²) in [5.41, 5.74) is 1.80. The Hall–Kier alpha value is -2.35. The zero-order chi connectivity index (χ0) is 17.2. The number of amides is 3. The van der Waals surface area contributed by atoms with E-state index in [9.17, 15) is 9.59 Å². The van der Waals surface area contributed by atoms with Crippen molar-refractivity contribution in [2.45, 2.75) is 25.8 Å². The predicted octanol–water partition coefficient (Wildman–Crippen LogP) is 2.27. The second-order valence-electron chi connectivity index (χ2n) is 6.37. The first-order valence-electron chi connectivity index (χ1n) is 8.66. The second kappa shape index (κ2) is 6.87. The Morgan fingerprint density at radius 3 is 2.64 bits per heavy atom. The fourth-order valence-electron chi connectivity index (χ4n) is 3.42. The molecule has 3 amide bonds. The van der Waals surface area contributed by atoms with Crippen LogP contribution in [-0.2, 0) is 13.0 Å². The van der Waals surface area contributed by atoms with Crippen molar-refractivity contribution >= 4 is 28.3 Å². The summed E-state index contributed by atoms with van der Waals surface area (Å²) >= 11 is 1.50. The van der Waals surface area contributed by atoms with Gasteiger partial charge >= 0.3 is 6.03 Å². The van der Waals surface area contributed by atoms with Gasteiger partial charge in [0.05, 0.1) is 22.5 Å². The van der Waals surface area contributed by atoms with Gasteiger partial charge in [-0.3, -0.25) is 14.8 Å². The maximum Gasteiger partial charge on any atom is 0.322 e. The van der Waals surface area contributed by atoms with Gasteiger partial charge in [0.25, 0.3) is 5.91 Å². The summed E-state index contributed by atoms with van der Waals surface area (Å²) in [6.07, 6.45) is 4.87. The molecule has 0 atom stereocenters. The molecule has 2 aromatic rings. The molecule has 0 bridgehead atoms. The second-order valence-corrected chi connectivity index (χ2v) is 7.32. The number of urea groups is 1. The van der Waals surface area contributed by atoms with Crippen LogP contribution in [0, 0.1) is 0 Å². The van der Waals surface area contributed by atoms with Gasteiger partial charge in [-0.15, -0.1) is 11.3 Å². The Balaban J connectivity index is 1.36. The predicted molar refractivity (Wildman–Crippen MR) is 96.0 cm³/mol. The lowest BCUT2D eigenvalue weighted by molar-refractivity contribution is 0.0670. The van der Waals surface area contributed by atoms with Gasteiger partial charge in [0.15, 0.2) is 0 Å². The van der Waals surface area contributed by atoms with Crippen LogP contribution in [-0.4, -0.2) is 57.7 Å². The number of thiophene rings is 1. The Labute approximate surface area is 150 Å². The number of fused-ring (bicyclic) bond motifs is 1. The summed E-state index contributed by atoms with van der Waals surface area (Å²) in [6.45, 7) is 3.11. The molecule has 4 rings (SSSR count). The standard InChI is InChI=1S/C17H21N5O2S/c23-16(13-12-18-22-6-2-1-4-14(13)22)20-7-9-21(10-8-20)17(24)19-15-5-3-11-25-15/h3,5,11-12H,1-2,4,6-10H2,(H,19,24). The summed E-state index contributed by atoms with van der Waals surface area (Å²) < 4.78 is 1.96. The van der Waals surface area contributed by atoms with Crippen molar-refractivity contribution in [3.05, 3.63) is 35.0 Å². The van der Waals surface area contributed by atoms with E-state index in [-0.39, 0.29) is 11.9 Å². The van der Waals surface area contributed by atoms with E-state index in [0.717, 1.165) is 42.1 Å². The van der Waals surface area contributed by atoms with Crippen LogP contribution in [0.2, 0.25) is 0 Å². The Morgan fingerprint density at radius 1 is 1.08 bits per heavy atom. The third-order valence-electron chi connectivity index (χ3n) is 4.82. The number of nitrogens with zero attached hydrogens (tertiary/aromatic N) is 4. The van der Waals surface area contributed by atoms with Crippen molar-refractivity contribution in [1.82, 2.24) is 19.6 Å². The number of anilines is 1. The van der Waals surface area contributed by atoms with Gasteiger partial charge in [0.1, 0.15) is 0 Å². The fourth-order valence-corrected chi connectivity index (χ4v) is 4.02. The molecular weight excluding hydrogens is 338 g/mol. The van der Waals surface area contributed by atoms with Crippen LogP contribution in [0.4, 0.5) is 9.80 Å². The topological polar surface area (TPSA) is 70.5 Å². The van der Waals surface area contributed by atoms with Gasteiger partial charge < -0.3 is 9.80 Å². The molecule has 0 aliphatic carbocycles. The van der Waals surface area contributed by atoms with E-state index >= 15 is 0 Å². The van der Waals surface area contributed by atoms with E-state index in [1.165, 1.54) is 11.3 Å². The Bertz CT molecular complexity index is 762. The van der Waals surface area contributed by atoms with E-state index in [1.54, 1.807) is 11.1 Å². The number of aryl methyl sites for hydroxylation is 1. The van der Waals surface area contributed by atoms with Crippen molar-refractivity contribution in [3.8, 4) is 0 Å². The number of nitrogens with one attached hydrogen (secondary N) is 1. The normalized spacial score (nSPS) is 17.3. The molecule has 0 spiro atoms. The van der Waals surface area contributed by atoms with Crippen LogP contribution in [0.1, 0.15) is 28.9 Å². The molecule has 25 heavy (non-hydrogen) atoms. The monoisotopic (exact) mass is 359 g/mol. The molecular formula is C17H21N5O2S. The lowest BCUT2D eigenvalue weighted by Gasteiger charge is -2.34. The van der Waals surface area contributed by atoms with Crippen LogP contribution in [0.5, 0.6) is 0 Å². The van der Waals surface area contributed by atoms with E-state index in [4.69, 9.17) is 0 Å². The van der Waals surface area contributed by atoms with Crippen molar-refractivity contribution in [2.75, 3.05) is 31.5 Å². The van der Waals surface area contributed by atoms with E-state index in [1.807, 2.05) is 27.1 Å². The minimum atomic E-state index is -0.0996. The molecule has 0 saturated carbocycles. The first-order chi connectivity index (χ1) is 12.2. The molecule has 4 heterocycles.